The molecule has 0 aliphatic heterocycles. The fraction of sp³-hybridized carbons (Fsp3) is 0.462. The van der Waals surface area contributed by atoms with Gasteiger partial charge >= 0.3 is 0 Å². The van der Waals surface area contributed by atoms with Gasteiger partial charge in [-0.05, 0) is 37.0 Å². The summed E-state index contributed by atoms with van der Waals surface area (Å²) in [6, 6.07) is 5.74. The molecule has 4 N–H and O–H groups in total. The molecule has 0 aromatic heterocycles. The molecule has 0 bridgehead atoms. The summed E-state index contributed by atoms with van der Waals surface area (Å²) in [5, 5.41) is 11.1. The smallest absolute Gasteiger partial charge is 0.236 e. The molecule has 1 amide bonds. The lowest BCUT2D eigenvalue weighted by molar-refractivity contribution is -0.122. The van der Waals surface area contributed by atoms with Gasteiger partial charge in [-0.1, -0.05) is 12.1 Å². The van der Waals surface area contributed by atoms with E-state index in [0.29, 0.717) is 6.42 Å². The minimum absolute atomic E-state index is 0.0892. The second kappa shape index (κ2) is 7.79. The molecule has 0 aliphatic carbocycles. The molecule has 18 heavy (non-hydrogen) atoms. The summed E-state index contributed by atoms with van der Waals surface area (Å²) in [7, 11) is 0. The van der Waals surface area contributed by atoms with Crippen molar-refractivity contribution < 1.29 is 14.3 Å². The summed E-state index contributed by atoms with van der Waals surface area (Å²) in [6.07, 6.45) is 2.09. The first-order valence-corrected chi connectivity index (χ1v) is 6.02. The Hall–Kier alpha value is -1.46. The van der Waals surface area contributed by atoms with Crippen LogP contribution in [0, 0.1) is 5.82 Å². The first-order chi connectivity index (χ1) is 8.63. The number of amides is 1. The number of carbonyl (C=O) groups is 1. The molecule has 0 saturated carbocycles. The van der Waals surface area contributed by atoms with Crippen LogP contribution in [-0.2, 0) is 11.2 Å². The standard InChI is InChI=1S/C13H19FN2O2/c14-11-6-4-10(5-7-11)2-1-3-12(15)13(18)16-8-9-17/h4-7,12,17H,1-3,8-9,15H2,(H,16,18). The quantitative estimate of drug-likeness (QED) is 0.666. The molecule has 0 radical (unpaired) electrons. The van der Waals surface area contributed by atoms with E-state index in [1.54, 1.807) is 12.1 Å². The molecule has 100 valence electrons. The third kappa shape index (κ3) is 5.25. The largest absolute Gasteiger partial charge is 0.395 e. The van der Waals surface area contributed by atoms with Gasteiger partial charge in [-0.3, -0.25) is 4.79 Å². The van der Waals surface area contributed by atoms with Crippen LogP contribution in [0.15, 0.2) is 24.3 Å². The summed E-state index contributed by atoms with van der Waals surface area (Å²) in [6.45, 7) is 0.137. The lowest BCUT2D eigenvalue weighted by Gasteiger charge is -2.11. The Morgan fingerprint density at radius 2 is 2.06 bits per heavy atom. The Labute approximate surface area is 106 Å². The number of hydrogen-bond donors (Lipinski definition) is 3. The zero-order chi connectivity index (χ0) is 13.4. The van der Waals surface area contributed by atoms with Crippen LogP contribution in [0.5, 0.6) is 0 Å². The average Bonchev–Trinajstić information content (AvgIpc) is 2.38. The number of carbonyl (C=O) groups excluding carboxylic acids is 1. The molecule has 1 atom stereocenters. The number of benzene rings is 1. The second-order valence-electron chi connectivity index (χ2n) is 4.14. The van der Waals surface area contributed by atoms with Crippen molar-refractivity contribution in [2.24, 2.45) is 5.73 Å². The maximum absolute atomic E-state index is 12.7. The Kier molecular flexibility index (Phi) is 6.32. The highest BCUT2D eigenvalue weighted by atomic mass is 19.1. The van der Waals surface area contributed by atoms with E-state index in [1.807, 2.05) is 0 Å². The van der Waals surface area contributed by atoms with Crippen molar-refractivity contribution in [3.8, 4) is 0 Å². The minimum Gasteiger partial charge on any atom is -0.395 e. The fourth-order valence-corrected chi connectivity index (χ4v) is 1.62. The molecule has 1 rings (SSSR count). The molecular formula is C13H19FN2O2. The highest BCUT2D eigenvalue weighted by molar-refractivity contribution is 5.81. The van der Waals surface area contributed by atoms with Gasteiger partial charge < -0.3 is 16.2 Å². The van der Waals surface area contributed by atoms with Gasteiger partial charge in [0.05, 0.1) is 12.6 Å². The van der Waals surface area contributed by atoms with Gasteiger partial charge in [0, 0.05) is 6.54 Å². The number of aliphatic hydroxyl groups excluding tert-OH is 1. The van der Waals surface area contributed by atoms with E-state index in [-0.39, 0.29) is 24.9 Å². The average molecular weight is 254 g/mol. The number of hydrogen-bond acceptors (Lipinski definition) is 3. The molecule has 0 saturated heterocycles. The van der Waals surface area contributed by atoms with Crippen LogP contribution in [0.25, 0.3) is 0 Å². The molecule has 0 fully saturated rings. The maximum Gasteiger partial charge on any atom is 0.236 e. The van der Waals surface area contributed by atoms with E-state index in [0.717, 1.165) is 18.4 Å². The lowest BCUT2D eigenvalue weighted by atomic mass is 10.0. The van der Waals surface area contributed by atoms with Gasteiger partial charge in [0.25, 0.3) is 0 Å². The van der Waals surface area contributed by atoms with Crippen LogP contribution < -0.4 is 11.1 Å². The SMILES string of the molecule is NC(CCCc1ccc(F)cc1)C(=O)NCCO. The number of aliphatic hydroxyl groups is 1. The third-order valence-electron chi connectivity index (χ3n) is 2.64. The summed E-state index contributed by atoms with van der Waals surface area (Å²) in [5.41, 5.74) is 6.72. The van der Waals surface area contributed by atoms with Crippen LogP contribution in [0.4, 0.5) is 4.39 Å². The van der Waals surface area contributed by atoms with Crippen molar-refractivity contribution >= 4 is 5.91 Å². The normalized spacial score (nSPS) is 12.2. The Bertz CT molecular complexity index is 368. The monoisotopic (exact) mass is 254 g/mol. The highest BCUT2D eigenvalue weighted by Crippen LogP contribution is 2.07. The van der Waals surface area contributed by atoms with Crippen LogP contribution in [0.1, 0.15) is 18.4 Å². The summed E-state index contributed by atoms with van der Waals surface area (Å²) in [4.78, 5) is 11.4. The highest BCUT2D eigenvalue weighted by Gasteiger charge is 2.11. The molecule has 0 spiro atoms. The van der Waals surface area contributed by atoms with Crippen LogP contribution in [-0.4, -0.2) is 30.2 Å². The number of aryl methyl sites for hydroxylation is 1. The van der Waals surface area contributed by atoms with Gasteiger partial charge in [0.2, 0.25) is 5.91 Å². The maximum atomic E-state index is 12.7. The number of halogens is 1. The van der Waals surface area contributed by atoms with Crippen molar-refractivity contribution in [3.05, 3.63) is 35.6 Å². The minimum atomic E-state index is -0.558. The van der Waals surface area contributed by atoms with Gasteiger partial charge in [-0.2, -0.15) is 0 Å². The molecule has 5 heteroatoms. The molecule has 0 heterocycles. The number of nitrogens with two attached hydrogens (primary N) is 1. The summed E-state index contributed by atoms with van der Waals surface area (Å²) >= 11 is 0. The van der Waals surface area contributed by atoms with E-state index in [9.17, 15) is 9.18 Å². The molecular weight excluding hydrogens is 235 g/mol. The van der Waals surface area contributed by atoms with E-state index in [2.05, 4.69) is 5.32 Å². The topological polar surface area (TPSA) is 75.4 Å². The number of nitrogens with one attached hydrogen (secondary N) is 1. The lowest BCUT2D eigenvalue weighted by Crippen LogP contribution is -2.41. The van der Waals surface area contributed by atoms with Gasteiger partial charge in [-0.15, -0.1) is 0 Å². The summed E-state index contributed by atoms with van der Waals surface area (Å²) < 4.78 is 12.7. The van der Waals surface area contributed by atoms with Crippen molar-refractivity contribution in [3.63, 3.8) is 0 Å². The van der Waals surface area contributed by atoms with Crippen molar-refractivity contribution in [2.45, 2.75) is 25.3 Å². The van der Waals surface area contributed by atoms with Crippen LogP contribution >= 0.6 is 0 Å². The van der Waals surface area contributed by atoms with Crippen molar-refractivity contribution in [2.75, 3.05) is 13.2 Å². The van der Waals surface area contributed by atoms with Crippen LogP contribution in [0.3, 0.4) is 0 Å². The molecule has 0 aliphatic rings. The van der Waals surface area contributed by atoms with Crippen LogP contribution in [0.2, 0.25) is 0 Å². The van der Waals surface area contributed by atoms with E-state index >= 15 is 0 Å². The fourth-order valence-electron chi connectivity index (χ4n) is 1.62. The Morgan fingerprint density at radius 3 is 2.67 bits per heavy atom. The Morgan fingerprint density at radius 1 is 1.39 bits per heavy atom. The van der Waals surface area contributed by atoms with Gasteiger partial charge in [-0.25, -0.2) is 4.39 Å². The molecule has 1 aromatic carbocycles. The zero-order valence-corrected chi connectivity index (χ0v) is 10.2. The van der Waals surface area contributed by atoms with E-state index < -0.39 is 6.04 Å². The first kappa shape index (κ1) is 14.6. The summed E-state index contributed by atoms with van der Waals surface area (Å²) in [5.74, 6) is -0.498. The van der Waals surface area contributed by atoms with E-state index in [4.69, 9.17) is 10.8 Å². The number of rotatable bonds is 7. The molecule has 1 aromatic rings. The van der Waals surface area contributed by atoms with E-state index in [1.165, 1.54) is 12.1 Å². The second-order valence-corrected chi connectivity index (χ2v) is 4.14. The molecule has 4 nitrogen and oxygen atoms in total. The van der Waals surface area contributed by atoms with Gasteiger partial charge in [0.1, 0.15) is 5.82 Å². The predicted octanol–water partition coefficient (Wildman–Crippen LogP) is 0.584. The molecule has 1 unspecified atom stereocenters. The zero-order valence-electron chi connectivity index (χ0n) is 10.2. The van der Waals surface area contributed by atoms with Crippen molar-refractivity contribution in [1.29, 1.82) is 0 Å². The van der Waals surface area contributed by atoms with Gasteiger partial charge in [0.15, 0.2) is 0 Å². The third-order valence-corrected chi connectivity index (χ3v) is 2.64. The predicted molar refractivity (Wildman–Crippen MR) is 67.4 cm³/mol. The Balaban J connectivity index is 2.24. The first-order valence-electron chi connectivity index (χ1n) is 6.02. The van der Waals surface area contributed by atoms with Crippen molar-refractivity contribution in [1.82, 2.24) is 5.32 Å².